The van der Waals surface area contributed by atoms with E-state index in [2.05, 4.69) is 33.8 Å². The third-order valence-electron chi connectivity index (χ3n) is 3.39. The molecule has 0 saturated carbocycles. The number of hydrogen-bond donors (Lipinski definition) is 1. The van der Waals surface area contributed by atoms with Gasteiger partial charge >= 0.3 is 0 Å². The van der Waals surface area contributed by atoms with Crippen LogP contribution in [0.5, 0.6) is 6.01 Å². The van der Waals surface area contributed by atoms with E-state index in [0.29, 0.717) is 17.0 Å². The van der Waals surface area contributed by atoms with Gasteiger partial charge in [-0.15, -0.1) is 11.3 Å². The van der Waals surface area contributed by atoms with Crippen molar-refractivity contribution in [3.05, 3.63) is 17.1 Å². The van der Waals surface area contributed by atoms with Crippen LogP contribution in [0, 0.1) is 0 Å². The van der Waals surface area contributed by atoms with E-state index in [4.69, 9.17) is 0 Å². The molecule has 0 aliphatic carbocycles. The molecule has 0 bridgehead atoms. The van der Waals surface area contributed by atoms with Gasteiger partial charge in [0.25, 0.3) is 6.01 Å². The van der Waals surface area contributed by atoms with Crippen LogP contribution in [0.3, 0.4) is 0 Å². The highest BCUT2D eigenvalue weighted by Crippen LogP contribution is 2.28. The number of nitrogens with zero attached hydrogens (tertiary/aromatic N) is 5. The quantitative estimate of drug-likeness (QED) is 0.799. The van der Waals surface area contributed by atoms with Crippen LogP contribution in [0.2, 0.25) is 0 Å². The Bertz CT molecular complexity index is 718. The highest BCUT2D eigenvalue weighted by molar-refractivity contribution is 7.07. The summed E-state index contributed by atoms with van der Waals surface area (Å²) in [5, 5.41) is 12.0. The smallest absolute Gasteiger partial charge is 0.297 e. The molecule has 0 aliphatic heterocycles. The molecule has 0 saturated heterocycles. The summed E-state index contributed by atoms with van der Waals surface area (Å²) in [5.74, 6) is 0. The van der Waals surface area contributed by atoms with Crippen LogP contribution in [0.4, 0.5) is 0 Å². The summed E-state index contributed by atoms with van der Waals surface area (Å²) >= 11 is 1.51. The van der Waals surface area contributed by atoms with E-state index in [1.54, 1.807) is 16.3 Å². The van der Waals surface area contributed by atoms with Crippen molar-refractivity contribution in [2.45, 2.75) is 32.7 Å². The Morgan fingerprint density at radius 1 is 1.20 bits per heavy atom. The van der Waals surface area contributed by atoms with E-state index < -0.39 is 0 Å². The molecule has 6 nitrogen and oxygen atoms in total. The second-order valence-electron chi connectivity index (χ2n) is 4.53. The van der Waals surface area contributed by atoms with Gasteiger partial charge in [-0.1, -0.05) is 13.8 Å². The van der Waals surface area contributed by atoms with Crippen molar-refractivity contribution < 1.29 is 5.11 Å². The van der Waals surface area contributed by atoms with Crippen LogP contribution in [-0.4, -0.2) is 29.6 Å². The molecule has 3 rings (SSSR count). The third kappa shape index (κ3) is 2.03. The molecule has 1 N–H and O–H groups in total. The van der Waals surface area contributed by atoms with E-state index in [1.807, 2.05) is 5.38 Å². The minimum absolute atomic E-state index is 0.0240. The molecular weight excluding hydrogens is 274 g/mol. The van der Waals surface area contributed by atoms with Gasteiger partial charge in [0, 0.05) is 11.4 Å². The Hall–Kier alpha value is -2.02. The van der Waals surface area contributed by atoms with Crippen LogP contribution >= 0.6 is 11.3 Å². The molecule has 0 spiro atoms. The molecule has 3 heterocycles. The lowest BCUT2D eigenvalue weighted by Crippen LogP contribution is -2.07. The first-order chi connectivity index (χ1) is 9.74. The number of fused-ring (bicyclic) bond motifs is 1. The second kappa shape index (κ2) is 5.16. The molecule has 0 fully saturated rings. The molecule has 3 aromatic heterocycles. The summed E-state index contributed by atoms with van der Waals surface area (Å²) in [5.41, 5.74) is 4.33. The molecular formula is C13H15N5OS. The summed E-state index contributed by atoms with van der Waals surface area (Å²) in [6.45, 7) is 4.16. The molecule has 0 amide bonds. The van der Waals surface area contributed by atoms with Crippen molar-refractivity contribution in [3.8, 4) is 17.4 Å². The summed E-state index contributed by atoms with van der Waals surface area (Å²) < 4.78 is 1.76. The van der Waals surface area contributed by atoms with Gasteiger partial charge in [-0.2, -0.15) is 4.98 Å². The Kier molecular flexibility index (Phi) is 3.35. The number of aromatic nitrogens is 5. The van der Waals surface area contributed by atoms with Crippen molar-refractivity contribution in [2.75, 3.05) is 0 Å². The lowest BCUT2D eigenvalue weighted by Gasteiger charge is -2.15. The Labute approximate surface area is 120 Å². The number of imidazole rings is 1. The fourth-order valence-electron chi connectivity index (χ4n) is 2.31. The Morgan fingerprint density at radius 3 is 2.65 bits per heavy atom. The first-order valence-corrected chi connectivity index (χ1v) is 7.51. The van der Waals surface area contributed by atoms with Crippen LogP contribution in [0.25, 0.3) is 22.7 Å². The second-order valence-corrected chi connectivity index (χ2v) is 5.25. The monoisotopic (exact) mass is 289 g/mol. The molecule has 20 heavy (non-hydrogen) atoms. The molecule has 3 aromatic rings. The van der Waals surface area contributed by atoms with Crippen LogP contribution < -0.4 is 0 Å². The highest BCUT2D eigenvalue weighted by Gasteiger charge is 2.19. The van der Waals surface area contributed by atoms with Gasteiger partial charge in [-0.05, 0) is 12.8 Å². The van der Waals surface area contributed by atoms with Gasteiger partial charge in [-0.3, -0.25) is 4.57 Å². The largest absolute Gasteiger partial charge is 0.480 e. The number of rotatable bonds is 4. The maximum absolute atomic E-state index is 10.0. The van der Waals surface area contributed by atoms with Gasteiger partial charge in [0.2, 0.25) is 5.65 Å². The lowest BCUT2D eigenvalue weighted by molar-refractivity contribution is 0.360. The summed E-state index contributed by atoms with van der Waals surface area (Å²) in [7, 11) is 0. The van der Waals surface area contributed by atoms with Gasteiger partial charge in [-0.25, -0.2) is 15.0 Å². The van der Waals surface area contributed by atoms with Crippen molar-refractivity contribution in [3.63, 3.8) is 0 Å². The van der Waals surface area contributed by atoms with Crippen molar-refractivity contribution in [2.24, 2.45) is 0 Å². The van der Waals surface area contributed by atoms with Crippen molar-refractivity contribution >= 4 is 22.6 Å². The maximum Gasteiger partial charge on any atom is 0.297 e. The molecule has 0 aromatic carbocycles. The zero-order valence-corrected chi connectivity index (χ0v) is 12.1. The normalized spacial score (nSPS) is 11.6. The van der Waals surface area contributed by atoms with Crippen molar-refractivity contribution in [1.82, 2.24) is 24.5 Å². The molecule has 104 valence electrons. The average molecular weight is 289 g/mol. The van der Waals surface area contributed by atoms with Gasteiger partial charge < -0.3 is 5.11 Å². The molecule has 0 radical (unpaired) electrons. The van der Waals surface area contributed by atoms with Gasteiger partial charge in [0.1, 0.15) is 11.4 Å². The van der Waals surface area contributed by atoms with Crippen LogP contribution in [0.1, 0.15) is 32.7 Å². The average Bonchev–Trinajstić information content (AvgIpc) is 3.08. The zero-order valence-electron chi connectivity index (χ0n) is 11.3. The number of thiazole rings is 1. The summed E-state index contributed by atoms with van der Waals surface area (Å²) in [4.78, 5) is 17.2. The SMILES string of the molecule is CCC(CC)n1c(O)nc2ncc(-c3cscn3)nc21. The highest BCUT2D eigenvalue weighted by atomic mass is 32.1. The van der Waals surface area contributed by atoms with Gasteiger partial charge in [0.05, 0.1) is 11.7 Å². The zero-order chi connectivity index (χ0) is 14.1. The number of hydrogen-bond acceptors (Lipinski definition) is 6. The Balaban J connectivity index is 2.19. The van der Waals surface area contributed by atoms with E-state index in [0.717, 1.165) is 18.5 Å². The third-order valence-corrected chi connectivity index (χ3v) is 3.97. The van der Waals surface area contributed by atoms with E-state index in [9.17, 15) is 5.11 Å². The first-order valence-electron chi connectivity index (χ1n) is 6.57. The van der Waals surface area contributed by atoms with Crippen LogP contribution in [0.15, 0.2) is 17.1 Å². The van der Waals surface area contributed by atoms with Crippen molar-refractivity contribution in [1.29, 1.82) is 0 Å². The molecule has 7 heteroatoms. The minimum atomic E-state index is -0.0240. The topological polar surface area (TPSA) is 76.7 Å². The predicted octanol–water partition coefficient (Wildman–Crippen LogP) is 3.02. The fourth-order valence-corrected chi connectivity index (χ4v) is 2.86. The van der Waals surface area contributed by atoms with Crippen LogP contribution in [-0.2, 0) is 0 Å². The van der Waals surface area contributed by atoms with E-state index >= 15 is 0 Å². The molecule has 0 aliphatic rings. The minimum Gasteiger partial charge on any atom is -0.480 e. The van der Waals surface area contributed by atoms with E-state index in [-0.39, 0.29) is 12.1 Å². The van der Waals surface area contributed by atoms with Gasteiger partial charge in [0.15, 0.2) is 5.65 Å². The fraction of sp³-hybridized carbons (Fsp3) is 0.385. The molecule has 0 atom stereocenters. The standard InChI is InChI=1S/C13H15N5OS/c1-3-8(4-2)18-12-11(17-13(18)19)14-5-9(16-12)10-6-20-7-15-10/h5-8H,3-4H2,1-2H3,(H,14,17,19). The summed E-state index contributed by atoms with van der Waals surface area (Å²) in [6.07, 6.45) is 3.44. The number of aromatic hydroxyl groups is 1. The lowest BCUT2D eigenvalue weighted by atomic mass is 10.2. The maximum atomic E-state index is 10.0. The Morgan fingerprint density at radius 2 is 2.00 bits per heavy atom. The van der Waals surface area contributed by atoms with E-state index in [1.165, 1.54) is 11.3 Å². The predicted molar refractivity (Wildman–Crippen MR) is 77.7 cm³/mol. The first kappa shape index (κ1) is 13.0. The summed E-state index contributed by atoms with van der Waals surface area (Å²) in [6, 6.07) is 0.143. The molecule has 0 unspecified atom stereocenters.